The van der Waals surface area contributed by atoms with E-state index in [0.29, 0.717) is 13.2 Å². The first kappa shape index (κ1) is 22.6. The van der Waals surface area contributed by atoms with Gasteiger partial charge in [0, 0.05) is 50.1 Å². The predicted molar refractivity (Wildman–Crippen MR) is 113 cm³/mol. The van der Waals surface area contributed by atoms with Crippen LogP contribution in [0, 0.1) is 13.8 Å². The minimum Gasteiger partial charge on any atom is -0.383 e. The third-order valence-corrected chi connectivity index (χ3v) is 5.33. The van der Waals surface area contributed by atoms with Gasteiger partial charge in [0.05, 0.1) is 38.6 Å². The number of nitrogens with one attached hydrogen (secondary N) is 2. The zero-order valence-electron chi connectivity index (χ0n) is 18.5. The number of hydrogen-bond donors (Lipinski definition) is 2. The van der Waals surface area contributed by atoms with E-state index in [1.807, 2.05) is 11.6 Å². The number of hydrogen-bond acceptors (Lipinski definition) is 5. The van der Waals surface area contributed by atoms with Crippen LogP contribution >= 0.6 is 0 Å². The Morgan fingerprint density at radius 1 is 1.25 bits per heavy atom. The highest BCUT2D eigenvalue weighted by Crippen LogP contribution is 2.16. The molecule has 0 aliphatic carbocycles. The number of aromatic nitrogens is 2. The lowest BCUT2D eigenvalue weighted by Crippen LogP contribution is -2.56. The first-order valence-electron chi connectivity index (χ1n) is 10.3. The van der Waals surface area contributed by atoms with Crippen molar-refractivity contribution in [3.8, 4) is 0 Å². The fraction of sp³-hybridized carbons (Fsp3) is 0.800. The molecule has 0 saturated carbocycles. The van der Waals surface area contributed by atoms with Crippen LogP contribution < -0.4 is 10.6 Å². The van der Waals surface area contributed by atoms with Gasteiger partial charge in [0.1, 0.15) is 0 Å². The quantitative estimate of drug-likeness (QED) is 0.486. The van der Waals surface area contributed by atoms with Gasteiger partial charge >= 0.3 is 0 Å². The van der Waals surface area contributed by atoms with Gasteiger partial charge in [-0.2, -0.15) is 5.10 Å². The summed E-state index contributed by atoms with van der Waals surface area (Å²) in [6, 6.07) is 0. The lowest BCUT2D eigenvalue weighted by Gasteiger charge is -2.41. The van der Waals surface area contributed by atoms with Crippen LogP contribution in [0.2, 0.25) is 0 Å². The highest BCUT2D eigenvalue weighted by atomic mass is 16.5. The summed E-state index contributed by atoms with van der Waals surface area (Å²) < 4.78 is 12.7. The second-order valence-corrected chi connectivity index (χ2v) is 7.83. The molecule has 1 saturated heterocycles. The second kappa shape index (κ2) is 10.8. The standard InChI is InChI=1S/C20H38N6O2/c1-7-21-19(23-15-20(4,5)25-8-12-28-13-9-25)22-14-18-16(2)24-26(17(18)3)10-11-27-6/h7-15H2,1-6H3,(H2,21,22,23). The maximum absolute atomic E-state index is 5.48. The Kier molecular flexibility index (Phi) is 8.72. The number of nitrogens with zero attached hydrogens (tertiary/aromatic N) is 4. The van der Waals surface area contributed by atoms with Crippen LogP contribution in [0.1, 0.15) is 37.7 Å². The summed E-state index contributed by atoms with van der Waals surface area (Å²) in [4.78, 5) is 7.29. The van der Waals surface area contributed by atoms with Crippen molar-refractivity contribution >= 4 is 5.96 Å². The van der Waals surface area contributed by atoms with Gasteiger partial charge in [-0.15, -0.1) is 0 Å². The van der Waals surface area contributed by atoms with Crippen LogP contribution in [-0.4, -0.2) is 79.3 Å². The number of aryl methyl sites for hydroxylation is 1. The first-order chi connectivity index (χ1) is 13.4. The van der Waals surface area contributed by atoms with E-state index in [1.165, 1.54) is 5.56 Å². The largest absolute Gasteiger partial charge is 0.383 e. The molecule has 0 amide bonds. The van der Waals surface area contributed by atoms with E-state index in [2.05, 4.69) is 48.3 Å². The summed E-state index contributed by atoms with van der Waals surface area (Å²) in [6.45, 7) is 18.0. The molecule has 0 atom stereocenters. The van der Waals surface area contributed by atoms with E-state index < -0.39 is 0 Å². The summed E-state index contributed by atoms with van der Waals surface area (Å²) in [5.74, 6) is 0.840. The maximum Gasteiger partial charge on any atom is 0.191 e. The average molecular weight is 395 g/mol. The number of methoxy groups -OCH3 is 1. The number of ether oxygens (including phenoxy) is 2. The second-order valence-electron chi connectivity index (χ2n) is 7.83. The van der Waals surface area contributed by atoms with Crippen LogP contribution in [0.5, 0.6) is 0 Å². The van der Waals surface area contributed by atoms with Gasteiger partial charge in [0.2, 0.25) is 0 Å². The van der Waals surface area contributed by atoms with E-state index >= 15 is 0 Å². The first-order valence-corrected chi connectivity index (χ1v) is 10.3. The van der Waals surface area contributed by atoms with Crippen LogP contribution in [0.4, 0.5) is 0 Å². The molecule has 1 aromatic heterocycles. The van der Waals surface area contributed by atoms with Gasteiger partial charge in [0.25, 0.3) is 0 Å². The zero-order chi connectivity index (χ0) is 20.6. The molecule has 1 aliphatic rings. The minimum absolute atomic E-state index is 0.0385. The number of aliphatic imine (C=N–C) groups is 1. The normalized spacial score (nSPS) is 16.4. The summed E-state index contributed by atoms with van der Waals surface area (Å²) in [7, 11) is 1.71. The highest BCUT2D eigenvalue weighted by molar-refractivity contribution is 5.79. The van der Waals surface area contributed by atoms with Crippen molar-refractivity contribution in [1.82, 2.24) is 25.3 Å². The molecular weight excluding hydrogens is 356 g/mol. The summed E-state index contributed by atoms with van der Waals surface area (Å²) in [5.41, 5.74) is 3.40. The topological polar surface area (TPSA) is 75.9 Å². The molecule has 28 heavy (non-hydrogen) atoms. The van der Waals surface area contributed by atoms with Crippen molar-refractivity contribution < 1.29 is 9.47 Å². The molecule has 0 aromatic carbocycles. The molecule has 2 heterocycles. The molecule has 0 radical (unpaired) electrons. The Bertz CT molecular complexity index is 635. The van der Waals surface area contributed by atoms with Gasteiger partial charge in [-0.1, -0.05) is 0 Å². The molecule has 160 valence electrons. The monoisotopic (exact) mass is 394 g/mol. The summed E-state index contributed by atoms with van der Waals surface area (Å²) in [5, 5.41) is 11.5. The van der Waals surface area contributed by atoms with Gasteiger partial charge in [0.15, 0.2) is 5.96 Å². The van der Waals surface area contributed by atoms with Crippen LogP contribution in [0.25, 0.3) is 0 Å². The third kappa shape index (κ3) is 6.18. The molecule has 1 fully saturated rings. The number of morpholine rings is 1. The van der Waals surface area contributed by atoms with Crippen molar-refractivity contribution in [2.75, 3.05) is 53.1 Å². The molecule has 1 aliphatic heterocycles. The smallest absolute Gasteiger partial charge is 0.191 e. The van der Waals surface area contributed by atoms with Gasteiger partial charge in [-0.3, -0.25) is 9.58 Å². The summed E-state index contributed by atoms with van der Waals surface area (Å²) >= 11 is 0. The van der Waals surface area contributed by atoms with Crippen molar-refractivity contribution in [2.45, 2.75) is 53.2 Å². The van der Waals surface area contributed by atoms with E-state index in [-0.39, 0.29) is 5.54 Å². The Morgan fingerprint density at radius 2 is 1.96 bits per heavy atom. The van der Waals surface area contributed by atoms with Crippen molar-refractivity contribution in [2.24, 2.45) is 4.99 Å². The molecular formula is C20H38N6O2. The lowest BCUT2D eigenvalue weighted by atomic mass is 10.0. The van der Waals surface area contributed by atoms with Crippen LogP contribution in [0.15, 0.2) is 4.99 Å². The Labute approximate surface area is 169 Å². The molecule has 0 bridgehead atoms. The van der Waals surface area contributed by atoms with E-state index in [9.17, 15) is 0 Å². The molecule has 2 N–H and O–H groups in total. The molecule has 0 spiro atoms. The highest BCUT2D eigenvalue weighted by Gasteiger charge is 2.28. The molecule has 0 unspecified atom stereocenters. The molecule has 8 nitrogen and oxygen atoms in total. The fourth-order valence-corrected chi connectivity index (χ4v) is 3.44. The zero-order valence-corrected chi connectivity index (χ0v) is 18.5. The number of rotatable bonds is 9. The van der Waals surface area contributed by atoms with E-state index in [0.717, 1.165) is 63.3 Å². The lowest BCUT2D eigenvalue weighted by molar-refractivity contribution is -0.00834. The Hall–Kier alpha value is -1.64. The van der Waals surface area contributed by atoms with Crippen LogP contribution in [0.3, 0.4) is 0 Å². The van der Waals surface area contributed by atoms with Gasteiger partial charge < -0.3 is 20.1 Å². The molecule has 8 heteroatoms. The SMILES string of the molecule is CCNC(=NCc1c(C)nn(CCOC)c1C)NCC(C)(C)N1CCOCC1. The minimum atomic E-state index is 0.0385. The van der Waals surface area contributed by atoms with Gasteiger partial charge in [-0.05, 0) is 34.6 Å². The van der Waals surface area contributed by atoms with E-state index in [1.54, 1.807) is 7.11 Å². The Morgan fingerprint density at radius 3 is 2.61 bits per heavy atom. The molecule has 2 rings (SSSR count). The number of guanidine groups is 1. The van der Waals surface area contributed by atoms with Crippen molar-refractivity contribution in [3.05, 3.63) is 17.0 Å². The fourth-order valence-electron chi connectivity index (χ4n) is 3.44. The average Bonchev–Trinajstić information content (AvgIpc) is 2.96. The predicted octanol–water partition coefficient (Wildman–Crippen LogP) is 1.31. The van der Waals surface area contributed by atoms with Crippen LogP contribution in [-0.2, 0) is 22.6 Å². The maximum atomic E-state index is 5.48. The van der Waals surface area contributed by atoms with Crippen molar-refractivity contribution in [1.29, 1.82) is 0 Å². The van der Waals surface area contributed by atoms with Gasteiger partial charge in [-0.25, -0.2) is 4.99 Å². The Balaban J connectivity index is 2.01. The van der Waals surface area contributed by atoms with E-state index in [4.69, 9.17) is 14.5 Å². The van der Waals surface area contributed by atoms with Crippen molar-refractivity contribution in [3.63, 3.8) is 0 Å². The summed E-state index contributed by atoms with van der Waals surface area (Å²) in [6.07, 6.45) is 0. The molecule has 1 aromatic rings. The third-order valence-electron chi connectivity index (χ3n) is 5.33.